The fourth-order valence-corrected chi connectivity index (χ4v) is 5.90. The number of carbonyl (C=O) groups is 3. The molecule has 2 aliphatic heterocycles. The van der Waals surface area contributed by atoms with Gasteiger partial charge in [0.2, 0.25) is 5.91 Å². The van der Waals surface area contributed by atoms with Crippen LogP contribution in [0.2, 0.25) is 0 Å². The first-order chi connectivity index (χ1) is 13.4. The normalized spacial score (nSPS) is 18.3. The molecule has 0 N–H and O–H groups in total. The number of hydrogen-bond acceptors (Lipinski definition) is 5. The number of imide groups is 1. The van der Waals surface area contributed by atoms with E-state index in [9.17, 15) is 14.4 Å². The summed E-state index contributed by atoms with van der Waals surface area (Å²) in [6, 6.07) is 3.79. The van der Waals surface area contributed by atoms with Crippen LogP contribution in [0.5, 0.6) is 5.75 Å². The van der Waals surface area contributed by atoms with E-state index in [1.54, 1.807) is 17.1 Å². The Morgan fingerprint density at radius 1 is 1.21 bits per heavy atom. The van der Waals surface area contributed by atoms with Crippen molar-refractivity contribution >= 4 is 80.1 Å². The van der Waals surface area contributed by atoms with Crippen LogP contribution in [-0.2, 0) is 9.59 Å². The summed E-state index contributed by atoms with van der Waals surface area (Å²) in [7, 11) is 0. The number of thioether (sulfide) groups is 1. The standard InChI is InChI=1S/C19H18I2N2O4S/c1-2-7-27-17-13(20)8-12(9-14(17)21)10-15-18(25)23(19(26)28-15)11-16(24)22-5-3-4-6-22/h2,8-10H,1,3-7,11H2/b15-10+. The van der Waals surface area contributed by atoms with Crippen LogP contribution >= 0.6 is 56.9 Å². The van der Waals surface area contributed by atoms with E-state index < -0.39 is 11.1 Å². The highest BCUT2D eigenvalue weighted by molar-refractivity contribution is 14.1. The zero-order chi connectivity index (χ0) is 20.3. The van der Waals surface area contributed by atoms with Gasteiger partial charge in [0.1, 0.15) is 18.9 Å². The molecule has 0 atom stereocenters. The minimum absolute atomic E-state index is 0.172. The molecule has 1 aromatic rings. The van der Waals surface area contributed by atoms with Crippen molar-refractivity contribution in [2.45, 2.75) is 12.8 Å². The Morgan fingerprint density at radius 3 is 2.46 bits per heavy atom. The summed E-state index contributed by atoms with van der Waals surface area (Å²) in [6.45, 7) is 5.26. The number of amides is 3. The monoisotopic (exact) mass is 624 g/mol. The van der Waals surface area contributed by atoms with Crippen molar-refractivity contribution in [3.05, 3.63) is 42.4 Å². The fourth-order valence-electron chi connectivity index (χ4n) is 2.93. The van der Waals surface area contributed by atoms with E-state index in [0.29, 0.717) is 24.6 Å². The molecule has 2 heterocycles. The SMILES string of the molecule is C=CCOc1c(I)cc(/C=C2/SC(=O)N(CC(=O)N3CCCC3)C2=O)cc1I. The van der Waals surface area contributed by atoms with Gasteiger partial charge in [-0.15, -0.1) is 0 Å². The molecule has 148 valence electrons. The highest BCUT2D eigenvalue weighted by atomic mass is 127. The van der Waals surface area contributed by atoms with Gasteiger partial charge < -0.3 is 9.64 Å². The lowest BCUT2D eigenvalue weighted by Gasteiger charge is -2.18. The molecule has 0 spiro atoms. The smallest absolute Gasteiger partial charge is 0.294 e. The summed E-state index contributed by atoms with van der Waals surface area (Å²) < 4.78 is 7.47. The van der Waals surface area contributed by atoms with Crippen LogP contribution in [0.15, 0.2) is 29.7 Å². The number of rotatable bonds is 6. The van der Waals surface area contributed by atoms with E-state index >= 15 is 0 Å². The van der Waals surface area contributed by atoms with Crippen molar-refractivity contribution in [3.63, 3.8) is 0 Å². The molecule has 0 bridgehead atoms. The first kappa shape index (κ1) is 21.6. The molecular weight excluding hydrogens is 606 g/mol. The highest BCUT2D eigenvalue weighted by Gasteiger charge is 2.37. The molecule has 9 heteroatoms. The molecule has 0 aliphatic carbocycles. The van der Waals surface area contributed by atoms with E-state index in [4.69, 9.17) is 4.74 Å². The Kier molecular flexibility index (Phi) is 7.42. The Balaban J connectivity index is 1.76. The van der Waals surface area contributed by atoms with Crippen molar-refractivity contribution in [1.29, 1.82) is 0 Å². The number of benzene rings is 1. The maximum Gasteiger partial charge on any atom is 0.294 e. The second-order valence-corrected chi connectivity index (χ2v) is 9.59. The van der Waals surface area contributed by atoms with Crippen LogP contribution in [0.1, 0.15) is 18.4 Å². The maximum atomic E-state index is 12.7. The molecule has 0 aromatic heterocycles. The molecular formula is C19H18I2N2O4S. The first-order valence-corrected chi connectivity index (χ1v) is 11.6. The van der Waals surface area contributed by atoms with Crippen molar-refractivity contribution in [1.82, 2.24) is 9.80 Å². The largest absolute Gasteiger partial charge is 0.487 e. The van der Waals surface area contributed by atoms with Gasteiger partial charge in [-0.3, -0.25) is 19.3 Å². The van der Waals surface area contributed by atoms with Gasteiger partial charge in [-0.05, 0) is 93.6 Å². The van der Waals surface area contributed by atoms with Crippen LogP contribution in [0.25, 0.3) is 6.08 Å². The van der Waals surface area contributed by atoms with Gasteiger partial charge in [0.15, 0.2) is 0 Å². The molecule has 0 radical (unpaired) electrons. The number of nitrogens with zero attached hydrogens (tertiary/aromatic N) is 2. The molecule has 6 nitrogen and oxygen atoms in total. The van der Waals surface area contributed by atoms with E-state index in [2.05, 4.69) is 51.8 Å². The highest BCUT2D eigenvalue weighted by Crippen LogP contribution is 2.34. The van der Waals surface area contributed by atoms with Crippen LogP contribution in [0.4, 0.5) is 4.79 Å². The molecule has 0 unspecified atom stereocenters. The first-order valence-electron chi connectivity index (χ1n) is 8.66. The minimum Gasteiger partial charge on any atom is -0.487 e. The molecule has 2 saturated heterocycles. The van der Waals surface area contributed by atoms with Crippen molar-refractivity contribution in [3.8, 4) is 5.75 Å². The van der Waals surface area contributed by atoms with Gasteiger partial charge in [0.25, 0.3) is 11.1 Å². The van der Waals surface area contributed by atoms with E-state index in [1.807, 2.05) is 12.1 Å². The lowest BCUT2D eigenvalue weighted by atomic mass is 10.2. The van der Waals surface area contributed by atoms with Crippen LogP contribution < -0.4 is 4.74 Å². The summed E-state index contributed by atoms with van der Waals surface area (Å²) in [5, 5.41) is -0.404. The quantitative estimate of drug-likeness (QED) is 0.271. The van der Waals surface area contributed by atoms with Gasteiger partial charge in [0, 0.05) is 13.1 Å². The van der Waals surface area contributed by atoms with Crippen molar-refractivity contribution < 1.29 is 19.1 Å². The Labute approximate surface area is 195 Å². The second kappa shape index (κ2) is 9.61. The van der Waals surface area contributed by atoms with Gasteiger partial charge in [-0.1, -0.05) is 12.7 Å². The Bertz CT molecular complexity index is 842. The maximum absolute atomic E-state index is 12.7. The average molecular weight is 624 g/mol. The molecule has 28 heavy (non-hydrogen) atoms. The van der Waals surface area contributed by atoms with E-state index in [0.717, 1.165) is 48.0 Å². The van der Waals surface area contributed by atoms with Gasteiger partial charge in [0.05, 0.1) is 12.0 Å². The topological polar surface area (TPSA) is 66.9 Å². The Morgan fingerprint density at radius 2 is 1.86 bits per heavy atom. The third-order valence-electron chi connectivity index (χ3n) is 4.29. The minimum atomic E-state index is -0.417. The third-order valence-corrected chi connectivity index (χ3v) is 6.80. The van der Waals surface area contributed by atoms with Gasteiger partial charge in [-0.25, -0.2) is 0 Å². The van der Waals surface area contributed by atoms with Gasteiger partial charge in [-0.2, -0.15) is 0 Å². The summed E-state index contributed by atoms with van der Waals surface area (Å²) in [5.41, 5.74) is 0.802. The summed E-state index contributed by atoms with van der Waals surface area (Å²) >= 11 is 5.22. The molecule has 1 aromatic carbocycles. The summed E-state index contributed by atoms with van der Waals surface area (Å²) in [6.07, 6.45) is 5.31. The van der Waals surface area contributed by atoms with Crippen molar-refractivity contribution in [2.75, 3.05) is 26.2 Å². The molecule has 2 aliphatic rings. The molecule has 2 fully saturated rings. The molecule has 3 rings (SSSR count). The summed E-state index contributed by atoms with van der Waals surface area (Å²) in [5.74, 6) is 0.177. The lowest BCUT2D eigenvalue weighted by molar-refractivity contribution is -0.135. The number of likely N-dealkylation sites (tertiary alicyclic amines) is 1. The van der Waals surface area contributed by atoms with Crippen LogP contribution in [0.3, 0.4) is 0 Å². The van der Waals surface area contributed by atoms with Crippen molar-refractivity contribution in [2.24, 2.45) is 0 Å². The number of ether oxygens (including phenoxy) is 1. The zero-order valence-electron chi connectivity index (χ0n) is 15.0. The summed E-state index contributed by atoms with van der Waals surface area (Å²) in [4.78, 5) is 40.3. The average Bonchev–Trinajstić information content (AvgIpc) is 3.26. The number of hydrogen-bond donors (Lipinski definition) is 0. The molecule has 0 saturated carbocycles. The third kappa shape index (κ3) is 4.90. The van der Waals surface area contributed by atoms with E-state index in [-0.39, 0.29) is 12.5 Å². The zero-order valence-corrected chi connectivity index (χ0v) is 20.1. The number of halogens is 2. The van der Waals surface area contributed by atoms with Crippen LogP contribution in [0, 0.1) is 7.14 Å². The van der Waals surface area contributed by atoms with Crippen LogP contribution in [-0.4, -0.2) is 53.1 Å². The van der Waals surface area contributed by atoms with Gasteiger partial charge >= 0.3 is 0 Å². The second-order valence-electron chi connectivity index (χ2n) is 6.27. The lowest BCUT2D eigenvalue weighted by Crippen LogP contribution is -2.40. The molecule has 3 amide bonds. The fraction of sp³-hybridized carbons (Fsp3) is 0.316. The number of carbonyl (C=O) groups excluding carboxylic acids is 3. The van der Waals surface area contributed by atoms with E-state index in [1.165, 1.54) is 0 Å². The predicted molar refractivity (Wildman–Crippen MR) is 126 cm³/mol. The predicted octanol–water partition coefficient (Wildman–Crippen LogP) is 4.12. The Hall–Kier alpha value is -1.08.